The molecule has 0 aliphatic rings. The van der Waals surface area contributed by atoms with Gasteiger partial charge in [-0.3, -0.25) is 4.79 Å². The molecule has 0 radical (unpaired) electrons. The van der Waals surface area contributed by atoms with Crippen LogP contribution in [-0.4, -0.2) is 24.7 Å². The molecule has 0 bridgehead atoms. The average molecular weight is 292 g/mol. The molecule has 0 aliphatic carbocycles. The molecule has 114 valence electrons. The van der Waals surface area contributed by atoms with Crippen LogP contribution >= 0.6 is 0 Å². The van der Waals surface area contributed by atoms with Crippen molar-refractivity contribution in [2.45, 2.75) is 32.8 Å². The zero-order chi connectivity index (χ0) is 15.2. The van der Waals surface area contributed by atoms with Crippen LogP contribution < -0.4 is 5.32 Å². The van der Waals surface area contributed by atoms with Crippen molar-refractivity contribution in [3.8, 4) is 0 Å². The highest BCUT2D eigenvalue weighted by atomic mass is 16.5. The molecule has 0 unspecified atom stereocenters. The second kappa shape index (κ2) is 7.08. The van der Waals surface area contributed by atoms with Gasteiger partial charge in [0, 0.05) is 19.1 Å². The number of carbonyl (C=O) groups excluding carboxylic acids is 1. The van der Waals surface area contributed by atoms with Crippen LogP contribution in [0.15, 0.2) is 27.3 Å². The van der Waals surface area contributed by atoms with E-state index in [0.29, 0.717) is 25.1 Å². The van der Waals surface area contributed by atoms with Crippen molar-refractivity contribution in [3.63, 3.8) is 0 Å². The highest BCUT2D eigenvalue weighted by molar-refractivity contribution is 5.76. The molecule has 2 heterocycles. The molecule has 2 rings (SSSR count). The van der Waals surface area contributed by atoms with Crippen LogP contribution in [0.4, 0.5) is 0 Å². The SMILES string of the molecule is CO[C@@H](CNC(=O)CCc1c(C)noc1C)c1ccco1. The molecule has 0 aliphatic heterocycles. The van der Waals surface area contributed by atoms with Crippen molar-refractivity contribution >= 4 is 5.91 Å². The zero-order valence-corrected chi connectivity index (χ0v) is 12.5. The Bertz CT molecular complexity index is 555. The molecular formula is C15H20N2O4. The van der Waals surface area contributed by atoms with Crippen LogP contribution in [0.25, 0.3) is 0 Å². The lowest BCUT2D eigenvalue weighted by molar-refractivity contribution is -0.121. The van der Waals surface area contributed by atoms with E-state index in [-0.39, 0.29) is 12.0 Å². The number of aromatic nitrogens is 1. The molecule has 2 aromatic heterocycles. The van der Waals surface area contributed by atoms with Crippen molar-refractivity contribution in [1.29, 1.82) is 0 Å². The Labute approximate surface area is 123 Å². The van der Waals surface area contributed by atoms with E-state index >= 15 is 0 Å². The zero-order valence-electron chi connectivity index (χ0n) is 12.5. The number of rotatable bonds is 7. The monoisotopic (exact) mass is 292 g/mol. The first kappa shape index (κ1) is 15.3. The maximum Gasteiger partial charge on any atom is 0.220 e. The summed E-state index contributed by atoms with van der Waals surface area (Å²) >= 11 is 0. The van der Waals surface area contributed by atoms with E-state index in [4.69, 9.17) is 13.7 Å². The van der Waals surface area contributed by atoms with Gasteiger partial charge in [-0.15, -0.1) is 0 Å². The van der Waals surface area contributed by atoms with Crippen molar-refractivity contribution in [2.75, 3.05) is 13.7 Å². The molecule has 0 fully saturated rings. The van der Waals surface area contributed by atoms with Crippen LogP contribution in [0.1, 0.15) is 35.3 Å². The van der Waals surface area contributed by atoms with E-state index in [1.54, 1.807) is 19.4 Å². The quantitative estimate of drug-likeness (QED) is 0.847. The summed E-state index contributed by atoms with van der Waals surface area (Å²) in [5, 5.41) is 6.72. The highest BCUT2D eigenvalue weighted by Crippen LogP contribution is 2.16. The first-order chi connectivity index (χ1) is 10.1. The smallest absolute Gasteiger partial charge is 0.220 e. The first-order valence-corrected chi connectivity index (χ1v) is 6.86. The fourth-order valence-electron chi connectivity index (χ4n) is 2.17. The number of methoxy groups -OCH3 is 1. The van der Waals surface area contributed by atoms with Gasteiger partial charge in [-0.05, 0) is 32.4 Å². The number of furan rings is 1. The summed E-state index contributed by atoms with van der Waals surface area (Å²) in [6, 6.07) is 3.62. The van der Waals surface area contributed by atoms with Crippen molar-refractivity contribution < 1.29 is 18.5 Å². The van der Waals surface area contributed by atoms with Gasteiger partial charge in [0.1, 0.15) is 17.6 Å². The number of ether oxygens (including phenoxy) is 1. The fourth-order valence-corrected chi connectivity index (χ4v) is 2.17. The molecule has 1 amide bonds. The van der Waals surface area contributed by atoms with Crippen LogP contribution in [0.3, 0.4) is 0 Å². The molecule has 0 aromatic carbocycles. The third-order valence-electron chi connectivity index (χ3n) is 3.41. The number of hydrogen-bond acceptors (Lipinski definition) is 5. The van der Waals surface area contributed by atoms with Gasteiger partial charge in [0.25, 0.3) is 0 Å². The lowest BCUT2D eigenvalue weighted by Crippen LogP contribution is -2.29. The summed E-state index contributed by atoms with van der Waals surface area (Å²) in [5.41, 5.74) is 1.84. The van der Waals surface area contributed by atoms with Gasteiger partial charge in [-0.1, -0.05) is 5.16 Å². The van der Waals surface area contributed by atoms with Crippen LogP contribution in [-0.2, 0) is 16.0 Å². The Morgan fingerprint density at radius 1 is 1.48 bits per heavy atom. The maximum atomic E-state index is 11.9. The second-order valence-electron chi connectivity index (χ2n) is 4.85. The summed E-state index contributed by atoms with van der Waals surface area (Å²) in [7, 11) is 1.59. The molecule has 0 saturated carbocycles. The minimum Gasteiger partial charge on any atom is -0.467 e. The highest BCUT2D eigenvalue weighted by Gasteiger charge is 2.15. The molecule has 6 heteroatoms. The average Bonchev–Trinajstić information content (AvgIpc) is 3.09. The Hall–Kier alpha value is -2.08. The third kappa shape index (κ3) is 3.95. The van der Waals surface area contributed by atoms with E-state index < -0.39 is 0 Å². The summed E-state index contributed by atoms with van der Waals surface area (Å²) in [5.74, 6) is 1.43. The summed E-state index contributed by atoms with van der Waals surface area (Å²) in [4.78, 5) is 11.9. The molecule has 1 N–H and O–H groups in total. The van der Waals surface area contributed by atoms with Gasteiger partial charge in [0.15, 0.2) is 0 Å². The van der Waals surface area contributed by atoms with E-state index in [1.807, 2.05) is 19.9 Å². The second-order valence-corrected chi connectivity index (χ2v) is 4.85. The van der Waals surface area contributed by atoms with Crippen molar-refractivity contribution in [1.82, 2.24) is 10.5 Å². The van der Waals surface area contributed by atoms with Gasteiger partial charge in [-0.25, -0.2) is 0 Å². The third-order valence-corrected chi connectivity index (χ3v) is 3.41. The fraction of sp³-hybridized carbons (Fsp3) is 0.467. The Morgan fingerprint density at radius 2 is 2.29 bits per heavy atom. The van der Waals surface area contributed by atoms with Crippen molar-refractivity contribution in [3.05, 3.63) is 41.2 Å². The van der Waals surface area contributed by atoms with Crippen LogP contribution in [0.5, 0.6) is 0 Å². The van der Waals surface area contributed by atoms with Gasteiger partial charge >= 0.3 is 0 Å². The van der Waals surface area contributed by atoms with Crippen LogP contribution in [0.2, 0.25) is 0 Å². The van der Waals surface area contributed by atoms with Gasteiger partial charge in [0.05, 0.1) is 18.5 Å². The Balaban J connectivity index is 1.80. The summed E-state index contributed by atoms with van der Waals surface area (Å²) < 4.78 is 15.7. The number of amides is 1. The largest absolute Gasteiger partial charge is 0.467 e. The topological polar surface area (TPSA) is 77.5 Å². The van der Waals surface area contributed by atoms with E-state index in [1.165, 1.54) is 0 Å². The van der Waals surface area contributed by atoms with E-state index in [0.717, 1.165) is 17.0 Å². The summed E-state index contributed by atoms with van der Waals surface area (Å²) in [6.45, 7) is 4.11. The predicted molar refractivity (Wildman–Crippen MR) is 75.8 cm³/mol. The number of aryl methyl sites for hydroxylation is 2. The standard InChI is InChI=1S/C15H20N2O4/c1-10-12(11(2)21-17-10)6-7-15(18)16-9-14(19-3)13-5-4-8-20-13/h4-5,8,14H,6-7,9H2,1-3H3,(H,16,18)/t14-/m0/s1. The Morgan fingerprint density at radius 3 is 2.86 bits per heavy atom. The molecule has 0 saturated heterocycles. The number of nitrogens with zero attached hydrogens (tertiary/aromatic N) is 1. The van der Waals surface area contributed by atoms with Gasteiger partial charge in [0.2, 0.25) is 5.91 Å². The molecular weight excluding hydrogens is 272 g/mol. The molecule has 6 nitrogen and oxygen atoms in total. The minimum absolute atomic E-state index is 0.0383. The van der Waals surface area contributed by atoms with E-state index in [2.05, 4.69) is 10.5 Å². The van der Waals surface area contributed by atoms with Crippen LogP contribution in [0, 0.1) is 13.8 Å². The maximum absolute atomic E-state index is 11.9. The molecule has 21 heavy (non-hydrogen) atoms. The van der Waals surface area contributed by atoms with Gasteiger partial charge < -0.3 is 19.0 Å². The normalized spacial score (nSPS) is 12.3. The molecule has 0 spiro atoms. The summed E-state index contributed by atoms with van der Waals surface area (Å²) in [6.07, 6.45) is 2.31. The minimum atomic E-state index is -0.275. The first-order valence-electron chi connectivity index (χ1n) is 6.86. The Kier molecular flexibility index (Phi) is 5.16. The lowest BCUT2D eigenvalue weighted by Gasteiger charge is -2.13. The number of hydrogen-bond donors (Lipinski definition) is 1. The van der Waals surface area contributed by atoms with Gasteiger partial charge in [-0.2, -0.15) is 0 Å². The molecule has 1 atom stereocenters. The lowest BCUT2D eigenvalue weighted by atomic mass is 10.1. The number of carbonyl (C=O) groups is 1. The predicted octanol–water partition coefficient (Wildman–Crippen LogP) is 2.32. The van der Waals surface area contributed by atoms with Crippen molar-refractivity contribution in [2.24, 2.45) is 0 Å². The molecule has 2 aromatic rings. The number of nitrogens with one attached hydrogen (secondary N) is 1. The van der Waals surface area contributed by atoms with E-state index in [9.17, 15) is 4.79 Å².